The Balaban J connectivity index is 2.01. The SMILES string of the molecule is Cc1ccccc1C(=O)CN(CCC#N)C1CC1. The zero-order valence-corrected chi connectivity index (χ0v) is 10.7. The summed E-state index contributed by atoms with van der Waals surface area (Å²) in [5.41, 5.74) is 1.83. The number of hydrogen-bond acceptors (Lipinski definition) is 3. The average molecular weight is 242 g/mol. The van der Waals surface area contributed by atoms with Crippen LogP contribution >= 0.6 is 0 Å². The van der Waals surface area contributed by atoms with Crippen molar-refractivity contribution in [2.24, 2.45) is 0 Å². The van der Waals surface area contributed by atoms with E-state index in [0.717, 1.165) is 24.0 Å². The van der Waals surface area contributed by atoms with Gasteiger partial charge in [0.05, 0.1) is 12.6 Å². The van der Waals surface area contributed by atoms with Crippen LogP contribution in [0.5, 0.6) is 0 Å². The maximum atomic E-state index is 12.2. The molecule has 18 heavy (non-hydrogen) atoms. The van der Waals surface area contributed by atoms with Crippen LogP contribution in [0.4, 0.5) is 0 Å². The van der Waals surface area contributed by atoms with Gasteiger partial charge >= 0.3 is 0 Å². The Morgan fingerprint density at radius 2 is 2.17 bits per heavy atom. The fourth-order valence-corrected chi connectivity index (χ4v) is 2.18. The zero-order valence-electron chi connectivity index (χ0n) is 10.7. The molecule has 1 saturated carbocycles. The molecule has 2 rings (SSSR count). The van der Waals surface area contributed by atoms with Crippen LogP contribution < -0.4 is 0 Å². The van der Waals surface area contributed by atoms with Crippen LogP contribution in [0.2, 0.25) is 0 Å². The summed E-state index contributed by atoms with van der Waals surface area (Å²) in [7, 11) is 0. The van der Waals surface area contributed by atoms with Gasteiger partial charge < -0.3 is 0 Å². The van der Waals surface area contributed by atoms with Crippen molar-refractivity contribution in [3.63, 3.8) is 0 Å². The fraction of sp³-hybridized carbons (Fsp3) is 0.467. The largest absolute Gasteiger partial charge is 0.293 e. The normalized spacial score (nSPS) is 14.5. The van der Waals surface area contributed by atoms with Crippen molar-refractivity contribution in [3.05, 3.63) is 35.4 Å². The Bertz CT molecular complexity index is 472. The summed E-state index contributed by atoms with van der Waals surface area (Å²) in [6.07, 6.45) is 2.82. The summed E-state index contributed by atoms with van der Waals surface area (Å²) in [4.78, 5) is 14.4. The minimum Gasteiger partial charge on any atom is -0.293 e. The second-order valence-electron chi connectivity index (χ2n) is 4.85. The van der Waals surface area contributed by atoms with Gasteiger partial charge in [-0.1, -0.05) is 24.3 Å². The van der Waals surface area contributed by atoms with Crippen molar-refractivity contribution >= 4 is 5.78 Å². The fourth-order valence-electron chi connectivity index (χ4n) is 2.18. The molecule has 0 spiro atoms. The zero-order chi connectivity index (χ0) is 13.0. The highest BCUT2D eigenvalue weighted by atomic mass is 16.1. The number of aryl methyl sites for hydroxylation is 1. The van der Waals surface area contributed by atoms with E-state index in [2.05, 4.69) is 11.0 Å². The second-order valence-corrected chi connectivity index (χ2v) is 4.85. The summed E-state index contributed by atoms with van der Waals surface area (Å²) in [5.74, 6) is 0.165. The first kappa shape index (κ1) is 12.8. The first-order valence-corrected chi connectivity index (χ1v) is 6.42. The summed E-state index contributed by atoms with van der Waals surface area (Å²) in [6, 6.07) is 10.4. The first-order valence-electron chi connectivity index (χ1n) is 6.42. The molecule has 3 nitrogen and oxygen atoms in total. The number of rotatable bonds is 6. The number of carbonyl (C=O) groups excluding carboxylic acids is 1. The predicted octanol–water partition coefficient (Wildman–Crippen LogP) is 2.56. The van der Waals surface area contributed by atoms with Crippen molar-refractivity contribution in [1.82, 2.24) is 4.90 Å². The molecular formula is C15H18N2O. The molecule has 0 unspecified atom stereocenters. The lowest BCUT2D eigenvalue weighted by Crippen LogP contribution is -2.33. The molecule has 0 bridgehead atoms. The summed E-state index contributed by atoms with van der Waals surface area (Å²) < 4.78 is 0. The number of nitriles is 1. The molecule has 0 aromatic heterocycles. The van der Waals surface area contributed by atoms with E-state index in [1.54, 1.807) is 0 Å². The molecule has 0 atom stereocenters. The van der Waals surface area contributed by atoms with Crippen molar-refractivity contribution in [2.45, 2.75) is 32.2 Å². The van der Waals surface area contributed by atoms with Crippen LogP contribution in [-0.4, -0.2) is 29.8 Å². The molecule has 1 aromatic carbocycles. The second kappa shape index (κ2) is 5.79. The van der Waals surface area contributed by atoms with Gasteiger partial charge in [0.25, 0.3) is 0 Å². The van der Waals surface area contributed by atoms with Crippen LogP contribution in [0.15, 0.2) is 24.3 Å². The Labute approximate surface area is 108 Å². The first-order chi connectivity index (χ1) is 8.72. The van der Waals surface area contributed by atoms with Crippen LogP contribution in [0.1, 0.15) is 35.2 Å². The minimum atomic E-state index is 0.165. The van der Waals surface area contributed by atoms with Gasteiger partial charge in [0.2, 0.25) is 0 Å². The van der Waals surface area contributed by atoms with E-state index < -0.39 is 0 Å². The Hall–Kier alpha value is -1.66. The van der Waals surface area contributed by atoms with E-state index in [9.17, 15) is 4.79 Å². The minimum absolute atomic E-state index is 0.165. The lowest BCUT2D eigenvalue weighted by molar-refractivity contribution is 0.0925. The van der Waals surface area contributed by atoms with E-state index in [-0.39, 0.29) is 5.78 Å². The maximum absolute atomic E-state index is 12.2. The third kappa shape index (κ3) is 3.18. The molecule has 0 aliphatic heterocycles. The van der Waals surface area contributed by atoms with Gasteiger partial charge in [-0.05, 0) is 25.3 Å². The van der Waals surface area contributed by atoms with Gasteiger partial charge in [-0.3, -0.25) is 9.69 Å². The number of carbonyl (C=O) groups is 1. The van der Waals surface area contributed by atoms with Gasteiger partial charge in [0, 0.05) is 24.6 Å². The lowest BCUT2D eigenvalue weighted by Gasteiger charge is -2.20. The quantitative estimate of drug-likeness (QED) is 0.720. The molecule has 3 heteroatoms. The molecule has 94 valence electrons. The van der Waals surface area contributed by atoms with E-state index in [0.29, 0.717) is 25.6 Å². The van der Waals surface area contributed by atoms with Crippen molar-refractivity contribution in [3.8, 4) is 6.07 Å². The number of nitrogens with zero attached hydrogens (tertiary/aromatic N) is 2. The van der Waals surface area contributed by atoms with Crippen LogP contribution in [0.25, 0.3) is 0 Å². The highest BCUT2D eigenvalue weighted by Crippen LogP contribution is 2.27. The molecule has 0 N–H and O–H groups in total. The molecule has 0 saturated heterocycles. The smallest absolute Gasteiger partial charge is 0.177 e. The highest BCUT2D eigenvalue weighted by Gasteiger charge is 2.30. The topological polar surface area (TPSA) is 44.1 Å². The lowest BCUT2D eigenvalue weighted by atomic mass is 10.0. The van der Waals surface area contributed by atoms with Crippen molar-refractivity contribution in [1.29, 1.82) is 5.26 Å². The third-order valence-electron chi connectivity index (χ3n) is 3.37. The van der Waals surface area contributed by atoms with Crippen molar-refractivity contribution < 1.29 is 4.79 Å². The van der Waals surface area contributed by atoms with Crippen molar-refractivity contribution in [2.75, 3.05) is 13.1 Å². The van der Waals surface area contributed by atoms with E-state index in [1.807, 2.05) is 31.2 Å². The summed E-state index contributed by atoms with van der Waals surface area (Å²) in [5, 5.41) is 8.65. The molecule has 0 amide bonds. The molecule has 1 aliphatic rings. The van der Waals surface area contributed by atoms with Gasteiger partial charge in [-0.25, -0.2) is 0 Å². The van der Waals surface area contributed by atoms with Gasteiger partial charge in [-0.15, -0.1) is 0 Å². The summed E-state index contributed by atoms with van der Waals surface area (Å²) in [6.45, 7) is 3.11. The number of benzene rings is 1. The molecule has 0 heterocycles. The van der Waals surface area contributed by atoms with Gasteiger partial charge in [-0.2, -0.15) is 5.26 Å². The van der Waals surface area contributed by atoms with Crippen LogP contribution in [0, 0.1) is 18.3 Å². The van der Waals surface area contributed by atoms with E-state index in [1.165, 1.54) is 0 Å². The Morgan fingerprint density at radius 3 is 2.78 bits per heavy atom. The predicted molar refractivity (Wildman–Crippen MR) is 70.3 cm³/mol. The monoisotopic (exact) mass is 242 g/mol. The van der Waals surface area contributed by atoms with Gasteiger partial charge in [0.1, 0.15) is 0 Å². The maximum Gasteiger partial charge on any atom is 0.177 e. The number of ketones is 1. The van der Waals surface area contributed by atoms with E-state index in [4.69, 9.17) is 5.26 Å². The molecule has 1 aromatic rings. The van der Waals surface area contributed by atoms with Gasteiger partial charge in [0.15, 0.2) is 5.78 Å². The average Bonchev–Trinajstić information content (AvgIpc) is 3.19. The molecule has 1 aliphatic carbocycles. The molecule has 1 fully saturated rings. The summed E-state index contributed by atoms with van der Waals surface area (Å²) >= 11 is 0. The molecule has 0 radical (unpaired) electrons. The standard InChI is InChI=1S/C15H18N2O/c1-12-5-2-3-6-14(12)15(18)11-17(10-4-9-16)13-7-8-13/h2-3,5-6,13H,4,7-8,10-11H2,1H3. The number of Topliss-reactive ketones (excluding diaryl/α,β-unsaturated/α-hetero) is 1. The Kier molecular flexibility index (Phi) is 4.11. The van der Waals surface area contributed by atoms with E-state index >= 15 is 0 Å². The molecular weight excluding hydrogens is 224 g/mol. The van der Waals surface area contributed by atoms with Crippen LogP contribution in [0.3, 0.4) is 0 Å². The number of hydrogen-bond donors (Lipinski definition) is 0. The van der Waals surface area contributed by atoms with Crippen LogP contribution in [-0.2, 0) is 0 Å². The third-order valence-corrected chi connectivity index (χ3v) is 3.37. The Morgan fingerprint density at radius 1 is 1.44 bits per heavy atom. The highest BCUT2D eigenvalue weighted by molar-refractivity contribution is 5.98.